The Morgan fingerprint density at radius 3 is 2.24 bits per heavy atom. The van der Waals surface area contributed by atoms with E-state index in [9.17, 15) is 14.0 Å². The number of imide groups is 1. The molecule has 0 saturated heterocycles. The third kappa shape index (κ3) is 2.05. The number of hydrogen-bond acceptors (Lipinski definition) is 2. The van der Waals surface area contributed by atoms with E-state index in [0.29, 0.717) is 24.0 Å². The quantitative estimate of drug-likeness (QED) is 0.590. The van der Waals surface area contributed by atoms with Crippen LogP contribution in [0.15, 0.2) is 23.3 Å². The highest BCUT2D eigenvalue weighted by Gasteiger charge is 2.40. The second-order valence-corrected chi connectivity index (χ2v) is 5.44. The lowest BCUT2D eigenvalue weighted by Crippen LogP contribution is -2.32. The number of carbonyl (C=O) groups excluding carboxylic acids is 2. The Labute approximate surface area is 126 Å². The summed E-state index contributed by atoms with van der Waals surface area (Å²) in [5.41, 5.74) is 1.13. The zero-order valence-corrected chi connectivity index (χ0v) is 11.8. The second-order valence-electron chi connectivity index (χ2n) is 5.04. The SMILES string of the molecule is C#Cc1cc(N2C(=O)C3=C(CCCC3)C2=O)c(F)cc1Cl. The summed E-state index contributed by atoms with van der Waals surface area (Å²) >= 11 is 5.82. The topological polar surface area (TPSA) is 37.4 Å². The van der Waals surface area contributed by atoms with Gasteiger partial charge in [0.1, 0.15) is 5.82 Å². The average molecular weight is 304 g/mol. The monoisotopic (exact) mass is 303 g/mol. The van der Waals surface area contributed by atoms with Gasteiger partial charge in [-0.25, -0.2) is 9.29 Å². The van der Waals surface area contributed by atoms with Gasteiger partial charge in [-0.3, -0.25) is 9.59 Å². The zero-order valence-electron chi connectivity index (χ0n) is 11.1. The normalized spacial score (nSPS) is 18.0. The molecule has 1 heterocycles. The Hall–Kier alpha value is -2.12. The highest BCUT2D eigenvalue weighted by atomic mass is 35.5. The summed E-state index contributed by atoms with van der Waals surface area (Å²) in [6.45, 7) is 0. The van der Waals surface area contributed by atoms with Crippen molar-refractivity contribution in [2.45, 2.75) is 25.7 Å². The molecule has 21 heavy (non-hydrogen) atoms. The van der Waals surface area contributed by atoms with Crippen molar-refractivity contribution >= 4 is 29.1 Å². The van der Waals surface area contributed by atoms with Gasteiger partial charge in [0.05, 0.1) is 10.7 Å². The number of hydrogen-bond donors (Lipinski definition) is 0. The molecule has 106 valence electrons. The maximum atomic E-state index is 14.1. The van der Waals surface area contributed by atoms with E-state index in [0.717, 1.165) is 23.8 Å². The zero-order chi connectivity index (χ0) is 15.1. The van der Waals surface area contributed by atoms with Crippen molar-refractivity contribution in [1.82, 2.24) is 0 Å². The minimum atomic E-state index is -0.736. The van der Waals surface area contributed by atoms with Crippen molar-refractivity contribution < 1.29 is 14.0 Å². The molecule has 1 aliphatic carbocycles. The van der Waals surface area contributed by atoms with Crippen LogP contribution in [0.2, 0.25) is 5.02 Å². The molecule has 3 nitrogen and oxygen atoms in total. The lowest BCUT2D eigenvalue weighted by atomic mass is 9.93. The molecular weight excluding hydrogens is 293 g/mol. The van der Waals surface area contributed by atoms with E-state index in [1.54, 1.807) is 0 Å². The van der Waals surface area contributed by atoms with Gasteiger partial charge in [-0.2, -0.15) is 0 Å². The van der Waals surface area contributed by atoms with Crippen LogP contribution in [0.25, 0.3) is 0 Å². The van der Waals surface area contributed by atoms with Gasteiger partial charge in [-0.05, 0) is 37.8 Å². The van der Waals surface area contributed by atoms with Gasteiger partial charge >= 0.3 is 0 Å². The van der Waals surface area contributed by atoms with Crippen LogP contribution in [0.1, 0.15) is 31.2 Å². The van der Waals surface area contributed by atoms with E-state index in [-0.39, 0.29) is 16.3 Å². The van der Waals surface area contributed by atoms with Gasteiger partial charge in [0.25, 0.3) is 11.8 Å². The van der Waals surface area contributed by atoms with Crippen LogP contribution < -0.4 is 4.90 Å². The molecule has 0 unspecified atom stereocenters. The molecule has 0 spiro atoms. The van der Waals surface area contributed by atoms with Crippen LogP contribution in [0.3, 0.4) is 0 Å². The fourth-order valence-corrected chi connectivity index (χ4v) is 2.98. The number of halogens is 2. The second kappa shape index (κ2) is 5.01. The molecule has 5 heteroatoms. The number of carbonyl (C=O) groups is 2. The van der Waals surface area contributed by atoms with E-state index in [4.69, 9.17) is 18.0 Å². The lowest BCUT2D eigenvalue weighted by Gasteiger charge is -2.16. The molecular formula is C16H11ClFNO2. The molecule has 0 bridgehead atoms. The van der Waals surface area contributed by atoms with E-state index >= 15 is 0 Å². The van der Waals surface area contributed by atoms with Crippen molar-refractivity contribution in [3.8, 4) is 12.3 Å². The number of anilines is 1. The number of benzene rings is 1. The molecule has 0 radical (unpaired) electrons. The smallest absolute Gasteiger partial charge is 0.261 e. The Morgan fingerprint density at radius 1 is 1.14 bits per heavy atom. The van der Waals surface area contributed by atoms with Crippen molar-refractivity contribution in [3.05, 3.63) is 39.7 Å². The Kier molecular flexibility index (Phi) is 3.30. The molecule has 0 atom stereocenters. The van der Waals surface area contributed by atoms with E-state index in [1.165, 1.54) is 6.07 Å². The first kappa shape index (κ1) is 13.8. The largest absolute Gasteiger partial charge is 0.269 e. The molecule has 0 N–H and O–H groups in total. The predicted molar refractivity (Wildman–Crippen MR) is 77.3 cm³/mol. The van der Waals surface area contributed by atoms with Gasteiger partial charge in [-0.15, -0.1) is 6.42 Å². The van der Waals surface area contributed by atoms with Crippen molar-refractivity contribution in [1.29, 1.82) is 0 Å². The summed E-state index contributed by atoms with van der Waals surface area (Å²) in [6, 6.07) is 2.30. The van der Waals surface area contributed by atoms with Crippen molar-refractivity contribution in [2.24, 2.45) is 0 Å². The minimum Gasteiger partial charge on any atom is -0.269 e. The Morgan fingerprint density at radius 2 is 1.71 bits per heavy atom. The van der Waals surface area contributed by atoms with Crippen LogP contribution >= 0.6 is 11.6 Å². The minimum absolute atomic E-state index is 0.0792. The summed E-state index contributed by atoms with van der Waals surface area (Å²) in [6.07, 6.45) is 8.16. The Balaban J connectivity index is 2.09. The van der Waals surface area contributed by atoms with Gasteiger partial charge < -0.3 is 0 Å². The standard InChI is InChI=1S/C16H11ClFNO2/c1-2-9-7-14(13(18)8-12(9)17)19-15(20)10-5-3-4-6-11(10)16(19)21/h1,7-8H,3-6H2. The lowest BCUT2D eigenvalue weighted by molar-refractivity contribution is -0.120. The molecule has 0 saturated carbocycles. The molecule has 0 fully saturated rings. The summed E-state index contributed by atoms with van der Waals surface area (Å²) in [7, 11) is 0. The van der Waals surface area contributed by atoms with Gasteiger partial charge in [-0.1, -0.05) is 17.5 Å². The molecule has 1 aromatic rings. The van der Waals surface area contributed by atoms with Gasteiger partial charge in [0, 0.05) is 16.7 Å². The van der Waals surface area contributed by atoms with Crippen LogP contribution in [-0.4, -0.2) is 11.8 Å². The summed E-state index contributed by atoms with van der Waals surface area (Å²) in [4.78, 5) is 25.6. The molecule has 2 amide bonds. The maximum absolute atomic E-state index is 14.1. The van der Waals surface area contributed by atoms with Crippen molar-refractivity contribution in [3.63, 3.8) is 0 Å². The first-order valence-corrected chi connectivity index (χ1v) is 6.99. The number of rotatable bonds is 1. The fraction of sp³-hybridized carbons (Fsp3) is 0.250. The maximum Gasteiger partial charge on any atom is 0.261 e. The summed E-state index contributed by atoms with van der Waals surface area (Å²) in [5.74, 6) is 0.691. The van der Waals surface area contributed by atoms with E-state index < -0.39 is 17.6 Å². The first-order valence-electron chi connectivity index (χ1n) is 6.61. The number of terminal acetylenes is 1. The highest BCUT2D eigenvalue weighted by molar-refractivity contribution is 6.34. The van der Waals surface area contributed by atoms with Crippen LogP contribution in [-0.2, 0) is 9.59 Å². The van der Waals surface area contributed by atoms with Crippen LogP contribution in [0, 0.1) is 18.2 Å². The summed E-state index contributed by atoms with van der Waals surface area (Å²) < 4.78 is 14.1. The average Bonchev–Trinajstić information content (AvgIpc) is 2.72. The molecule has 1 aliphatic heterocycles. The highest BCUT2D eigenvalue weighted by Crippen LogP contribution is 2.37. The molecule has 0 aromatic heterocycles. The van der Waals surface area contributed by atoms with Gasteiger partial charge in [0.2, 0.25) is 0 Å². The third-order valence-electron chi connectivity index (χ3n) is 3.82. The van der Waals surface area contributed by atoms with Crippen LogP contribution in [0.5, 0.6) is 0 Å². The molecule has 2 aliphatic rings. The third-order valence-corrected chi connectivity index (χ3v) is 4.14. The molecule has 3 rings (SSSR count). The fourth-order valence-electron chi connectivity index (χ4n) is 2.78. The van der Waals surface area contributed by atoms with E-state index in [1.807, 2.05) is 0 Å². The number of nitrogens with zero attached hydrogens (tertiary/aromatic N) is 1. The van der Waals surface area contributed by atoms with Crippen molar-refractivity contribution in [2.75, 3.05) is 4.90 Å². The Bertz CT molecular complexity index is 717. The van der Waals surface area contributed by atoms with Crippen LogP contribution in [0.4, 0.5) is 10.1 Å². The van der Waals surface area contributed by atoms with E-state index in [2.05, 4.69) is 5.92 Å². The first-order chi connectivity index (χ1) is 10.0. The summed E-state index contributed by atoms with van der Waals surface area (Å²) in [5, 5.41) is 0.0792. The van der Waals surface area contributed by atoms with Gasteiger partial charge in [0.15, 0.2) is 0 Å². The molecule has 1 aromatic carbocycles. The number of amides is 2. The predicted octanol–water partition coefficient (Wildman–Crippen LogP) is 3.20.